The largest absolute Gasteiger partial charge is 0.339 e. The molecule has 1 aliphatic rings. The number of amides is 1. The van der Waals surface area contributed by atoms with Gasteiger partial charge in [-0.2, -0.15) is 9.29 Å². The molecule has 8 nitrogen and oxygen atoms in total. The number of thiophene rings is 1. The van der Waals surface area contributed by atoms with Gasteiger partial charge >= 0.3 is 0 Å². The quantitative estimate of drug-likeness (QED) is 0.621. The lowest BCUT2D eigenvalue weighted by Crippen LogP contribution is -2.41. The summed E-state index contributed by atoms with van der Waals surface area (Å²) in [6.07, 6.45) is 0.969. The fraction of sp³-hybridized carbons (Fsp3) is 0.381. The Bertz CT molecular complexity index is 1210. The van der Waals surface area contributed by atoms with Crippen LogP contribution in [-0.4, -0.2) is 41.9 Å². The van der Waals surface area contributed by atoms with Crippen molar-refractivity contribution in [1.82, 2.24) is 14.4 Å². The van der Waals surface area contributed by atoms with E-state index in [0.29, 0.717) is 43.2 Å². The van der Waals surface area contributed by atoms with E-state index >= 15 is 0 Å². The number of hydrogen-bond acceptors (Lipinski definition) is 7. The number of nitrogens with zero attached hydrogens (tertiary/aromatic N) is 3. The number of sulfonamides is 1. The monoisotopic (exact) mass is 460 g/mol. The van der Waals surface area contributed by atoms with Gasteiger partial charge in [0.1, 0.15) is 4.21 Å². The molecule has 0 spiro atoms. The van der Waals surface area contributed by atoms with Crippen LogP contribution < -0.4 is 5.32 Å². The summed E-state index contributed by atoms with van der Waals surface area (Å²) in [5.41, 5.74) is 3.50. The summed E-state index contributed by atoms with van der Waals surface area (Å²) in [4.78, 5) is 16.9. The summed E-state index contributed by atoms with van der Waals surface area (Å²) in [7, 11) is -3.63. The number of carbonyl (C=O) groups is 1. The maximum atomic E-state index is 13.1. The molecule has 1 amide bonds. The van der Waals surface area contributed by atoms with E-state index in [0.717, 1.165) is 28.2 Å². The van der Waals surface area contributed by atoms with Crippen molar-refractivity contribution in [3.05, 3.63) is 46.7 Å². The molecule has 0 unspecified atom stereocenters. The maximum Gasteiger partial charge on any atom is 0.252 e. The molecule has 2 aromatic heterocycles. The average Bonchev–Trinajstić information content (AvgIpc) is 3.40. The molecule has 0 saturated carbocycles. The van der Waals surface area contributed by atoms with Crippen molar-refractivity contribution < 1.29 is 17.7 Å². The highest BCUT2D eigenvalue weighted by atomic mass is 32.2. The van der Waals surface area contributed by atoms with Crippen LogP contribution >= 0.6 is 11.3 Å². The summed E-state index contributed by atoms with van der Waals surface area (Å²) in [5, 5.41) is 8.55. The van der Waals surface area contributed by atoms with Crippen LogP contribution in [0, 0.1) is 26.7 Å². The standard InChI is InChI=1S/C21H24N4O4S2/c1-13-4-5-14(2)18(10-13)23-21(26)16-6-8-25(9-7-16)31(27,28)19-11-17(12-30-19)20-22-15(3)29-24-20/h4-5,10-12,16H,6-9H2,1-3H3,(H,23,26). The minimum absolute atomic E-state index is 0.0587. The van der Waals surface area contributed by atoms with Gasteiger partial charge in [0.05, 0.1) is 0 Å². The van der Waals surface area contributed by atoms with E-state index in [9.17, 15) is 13.2 Å². The van der Waals surface area contributed by atoms with Gasteiger partial charge in [0.25, 0.3) is 10.0 Å². The van der Waals surface area contributed by atoms with Crippen LogP contribution in [0.5, 0.6) is 0 Å². The van der Waals surface area contributed by atoms with Gasteiger partial charge in [-0.25, -0.2) is 8.42 Å². The van der Waals surface area contributed by atoms with Crippen molar-refractivity contribution >= 4 is 33.0 Å². The number of aryl methyl sites for hydroxylation is 3. The highest BCUT2D eigenvalue weighted by Gasteiger charge is 2.33. The Morgan fingerprint density at radius 3 is 2.61 bits per heavy atom. The lowest BCUT2D eigenvalue weighted by molar-refractivity contribution is -0.120. The number of nitrogens with one attached hydrogen (secondary N) is 1. The molecule has 0 atom stereocenters. The number of hydrogen-bond donors (Lipinski definition) is 1. The van der Waals surface area contributed by atoms with Crippen LogP contribution in [0.2, 0.25) is 0 Å². The van der Waals surface area contributed by atoms with E-state index in [1.54, 1.807) is 18.4 Å². The van der Waals surface area contributed by atoms with Crippen LogP contribution in [0.3, 0.4) is 0 Å². The molecule has 1 aromatic carbocycles. The first kappa shape index (κ1) is 21.7. The van der Waals surface area contributed by atoms with Crippen LogP contribution in [0.15, 0.2) is 38.4 Å². The summed E-state index contributed by atoms with van der Waals surface area (Å²) in [6, 6.07) is 7.51. The maximum absolute atomic E-state index is 13.1. The highest BCUT2D eigenvalue weighted by Crippen LogP contribution is 2.31. The van der Waals surface area contributed by atoms with Crippen molar-refractivity contribution in [3.63, 3.8) is 0 Å². The lowest BCUT2D eigenvalue weighted by atomic mass is 9.97. The summed E-state index contributed by atoms with van der Waals surface area (Å²) >= 11 is 1.14. The van der Waals surface area contributed by atoms with Gasteiger partial charge in [0.15, 0.2) is 0 Å². The van der Waals surface area contributed by atoms with Gasteiger partial charge in [-0.05, 0) is 49.9 Å². The molecule has 10 heteroatoms. The smallest absolute Gasteiger partial charge is 0.252 e. The third kappa shape index (κ3) is 4.56. The Hall–Kier alpha value is -2.56. The molecule has 1 N–H and O–H groups in total. The molecule has 4 rings (SSSR count). The third-order valence-corrected chi connectivity index (χ3v) is 8.74. The van der Waals surface area contributed by atoms with Crippen molar-refractivity contribution in [2.24, 2.45) is 5.92 Å². The summed E-state index contributed by atoms with van der Waals surface area (Å²) < 4.78 is 32.8. The number of anilines is 1. The molecule has 3 heterocycles. The van der Waals surface area contributed by atoms with Gasteiger partial charge in [-0.15, -0.1) is 11.3 Å². The zero-order chi connectivity index (χ0) is 22.2. The Balaban J connectivity index is 1.40. The van der Waals surface area contributed by atoms with Crippen molar-refractivity contribution in [2.45, 2.75) is 37.8 Å². The summed E-state index contributed by atoms with van der Waals surface area (Å²) in [5.74, 6) is 0.521. The fourth-order valence-corrected chi connectivity index (χ4v) is 6.36. The minimum atomic E-state index is -3.63. The van der Waals surface area contributed by atoms with E-state index in [4.69, 9.17) is 4.52 Å². The van der Waals surface area contributed by atoms with E-state index < -0.39 is 10.0 Å². The summed E-state index contributed by atoms with van der Waals surface area (Å²) in [6.45, 7) is 6.23. The number of carbonyl (C=O) groups excluding carboxylic acids is 1. The first-order chi connectivity index (χ1) is 14.7. The number of aromatic nitrogens is 2. The zero-order valence-electron chi connectivity index (χ0n) is 17.6. The molecule has 1 saturated heterocycles. The number of piperidine rings is 1. The Kier molecular flexibility index (Phi) is 5.96. The fourth-order valence-electron chi connectivity index (χ4n) is 3.58. The third-order valence-electron chi connectivity index (χ3n) is 5.43. The Labute approximate surface area is 185 Å². The predicted octanol–water partition coefficient (Wildman–Crippen LogP) is 3.76. The Morgan fingerprint density at radius 2 is 1.94 bits per heavy atom. The van der Waals surface area contributed by atoms with E-state index in [-0.39, 0.29) is 16.0 Å². The molecular formula is C21H24N4O4S2. The van der Waals surface area contributed by atoms with Crippen LogP contribution in [0.25, 0.3) is 11.4 Å². The van der Waals surface area contributed by atoms with Crippen LogP contribution in [-0.2, 0) is 14.8 Å². The van der Waals surface area contributed by atoms with Crippen molar-refractivity contribution in [3.8, 4) is 11.4 Å². The minimum Gasteiger partial charge on any atom is -0.339 e. The predicted molar refractivity (Wildman–Crippen MR) is 118 cm³/mol. The highest BCUT2D eigenvalue weighted by molar-refractivity contribution is 7.91. The average molecular weight is 461 g/mol. The van der Waals surface area contributed by atoms with Gasteiger partial charge in [-0.3, -0.25) is 4.79 Å². The van der Waals surface area contributed by atoms with Crippen LogP contribution in [0.4, 0.5) is 5.69 Å². The Morgan fingerprint density at radius 1 is 1.19 bits per heavy atom. The second kappa shape index (κ2) is 8.52. The SMILES string of the molecule is Cc1ccc(C)c(NC(=O)C2CCN(S(=O)(=O)c3cc(-c4noc(C)n4)cs3)CC2)c1. The molecule has 3 aromatic rings. The zero-order valence-corrected chi connectivity index (χ0v) is 19.2. The van der Waals surface area contributed by atoms with Gasteiger partial charge in [0.2, 0.25) is 17.6 Å². The molecule has 164 valence electrons. The van der Waals surface area contributed by atoms with E-state index in [1.807, 2.05) is 32.0 Å². The van der Waals surface area contributed by atoms with E-state index in [2.05, 4.69) is 15.5 Å². The number of benzene rings is 1. The molecule has 0 radical (unpaired) electrons. The van der Waals surface area contributed by atoms with Gasteiger partial charge in [0, 0.05) is 42.6 Å². The van der Waals surface area contributed by atoms with Crippen LogP contribution in [0.1, 0.15) is 29.9 Å². The first-order valence-electron chi connectivity index (χ1n) is 10.0. The second-order valence-electron chi connectivity index (χ2n) is 7.78. The molecule has 1 fully saturated rings. The lowest BCUT2D eigenvalue weighted by Gasteiger charge is -2.30. The second-order valence-corrected chi connectivity index (χ2v) is 10.9. The molecule has 31 heavy (non-hydrogen) atoms. The topological polar surface area (TPSA) is 105 Å². The van der Waals surface area contributed by atoms with Crippen molar-refractivity contribution in [1.29, 1.82) is 0 Å². The van der Waals surface area contributed by atoms with E-state index in [1.165, 1.54) is 4.31 Å². The first-order valence-corrected chi connectivity index (χ1v) is 12.3. The molecular weight excluding hydrogens is 436 g/mol. The van der Waals surface area contributed by atoms with Crippen molar-refractivity contribution in [2.75, 3.05) is 18.4 Å². The normalized spacial score (nSPS) is 15.8. The van der Waals surface area contributed by atoms with Gasteiger partial charge < -0.3 is 9.84 Å². The molecule has 0 bridgehead atoms. The van der Waals surface area contributed by atoms with Gasteiger partial charge in [-0.1, -0.05) is 17.3 Å². The number of rotatable bonds is 5. The molecule has 0 aliphatic carbocycles. The molecule has 1 aliphatic heterocycles.